The molecular formula is C15H25O2P. The van der Waals surface area contributed by atoms with Crippen molar-refractivity contribution in [2.75, 3.05) is 0 Å². The van der Waals surface area contributed by atoms with Crippen LogP contribution < -0.4 is 0 Å². The van der Waals surface area contributed by atoms with Gasteiger partial charge in [0.25, 0.3) is 0 Å². The van der Waals surface area contributed by atoms with Gasteiger partial charge < -0.3 is 4.74 Å². The first-order chi connectivity index (χ1) is 7.99. The molecule has 1 aromatic carbocycles. The molecule has 0 aliphatic rings. The number of hydrogen-bond donors (Lipinski definition) is 0. The van der Waals surface area contributed by atoms with E-state index in [1.54, 1.807) is 0 Å². The molecular weight excluding hydrogens is 243 g/mol. The van der Waals surface area contributed by atoms with E-state index in [1.807, 2.05) is 26.0 Å². The number of carbonyl (C=O) groups excluding carboxylic acids is 1. The Balaban J connectivity index is 0.00000289. The number of benzene rings is 1. The molecule has 0 radical (unpaired) electrons. The van der Waals surface area contributed by atoms with Gasteiger partial charge in [0.15, 0.2) is 0 Å². The maximum Gasteiger partial charge on any atom is 0.308 e. The Bertz CT molecular complexity index is 355. The summed E-state index contributed by atoms with van der Waals surface area (Å²) >= 11 is 0. The van der Waals surface area contributed by atoms with Crippen LogP contribution in [0.3, 0.4) is 0 Å². The van der Waals surface area contributed by atoms with Gasteiger partial charge in [-0.05, 0) is 23.5 Å². The molecule has 1 rings (SSSR count). The molecule has 0 saturated carbocycles. The van der Waals surface area contributed by atoms with Gasteiger partial charge in [0.1, 0.15) is 6.61 Å². The van der Waals surface area contributed by atoms with Crippen LogP contribution in [0, 0.1) is 11.8 Å². The second-order valence-corrected chi connectivity index (χ2v) is 5.18. The Morgan fingerprint density at radius 2 is 1.56 bits per heavy atom. The minimum absolute atomic E-state index is 0. The van der Waals surface area contributed by atoms with Crippen LogP contribution in [0.2, 0.25) is 0 Å². The first-order valence-electron chi connectivity index (χ1n) is 6.23. The standard InChI is InChI=1S/C15H22O2.H3P/c1-11(2)9-13-5-7-14(8-6-13)10-17-15(16)12(3)4;/h5-8,11-12H,9-10H2,1-4H3;1H3. The third-order valence-corrected chi connectivity index (χ3v) is 2.52. The molecule has 1 aromatic rings. The Morgan fingerprint density at radius 1 is 1.06 bits per heavy atom. The molecule has 0 heterocycles. The van der Waals surface area contributed by atoms with Crippen LogP contribution in [0.15, 0.2) is 24.3 Å². The Kier molecular flexibility index (Phi) is 7.86. The molecule has 0 saturated heterocycles. The smallest absolute Gasteiger partial charge is 0.308 e. The van der Waals surface area contributed by atoms with Crippen LogP contribution in [0.25, 0.3) is 0 Å². The number of hydrogen-bond acceptors (Lipinski definition) is 2. The summed E-state index contributed by atoms with van der Waals surface area (Å²) < 4.78 is 5.17. The van der Waals surface area contributed by atoms with Crippen LogP contribution in [0.5, 0.6) is 0 Å². The van der Waals surface area contributed by atoms with E-state index in [2.05, 4.69) is 26.0 Å². The summed E-state index contributed by atoms with van der Waals surface area (Å²) in [6, 6.07) is 8.29. The Labute approximate surface area is 114 Å². The zero-order chi connectivity index (χ0) is 12.8. The second kappa shape index (κ2) is 8.26. The SMILES string of the molecule is CC(C)Cc1ccc(COC(=O)C(C)C)cc1.P. The lowest BCUT2D eigenvalue weighted by molar-refractivity contribution is -0.148. The maximum absolute atomic E-state index is 11.3. The molecule has 0 aliphatic heterocycles. The van der Waals surface area contributed by atoms with Crippen molar-refractivity contribution in [3.63, 3.8) is 0 Å². The van der Waals surface area contributed by atoms with Gasteiger partial charge in [-0.25, -0.2) is 0 Å². The van der Waals surface area contributed by atoms with Gasteiger partial charge in [0.2, 0.25) is 0 Å². The minimum atomic E-state index is -0.142. The molecule has 1 unspecified atom stereocenters. The van der Waals surface area contributed by atoms with E-state index in [0.717, 1.165) is 12.0 Å². The van der Waals surface area contributed by atoms with E-state index in [1.165, 1.54) is 5.56 Å². The van der Waals surface area contributed by atoms with Crippen molar-refractivity contribution in [2.45, 2.75) is 40.7 Å². The van der Waals surface area contributed by atoms with Crippen molar-refractivity contribution in [3.05, 3.63) is 35.4 Å². The first kappa shape index (κ1) is 17.1. The fourth-order valence-corrected chi connectivity index (χ4v) is 1.56. The number of esters is 1. The van der Waals surface area contributed by atoms with E-state index in [4.69, 9.17) is 4.74 Å². The van der Waals surface area contributed by atoms with E-state index in [-0.39, 0.29) is 21.8 Å². The molecule has 0 amide bonds. The van der Waals surface area contributed by atoms with Crippen molar-refractivity contribution in [3.8, 4) is 0 Å². The highest BCUT2D eigenvalue weighted by atomic mass is 31.0. The second-order valence-electron chi connectivity index (χ2n) is 5.18. The Morgan fingerprint density at radius 3 is 2.00 bits per heavy atom. The summed E-state index contributed by atoms with van der Waals surface area (Å²) in [5.74, 6) is 0.464. The molecule has 0 aromatic heterocycles. The normalized spacial score (nSPS) is 10.3. The molecule has 102 valence electrons. The van der Waals surface area contributed by atoms with Crippen molar-refractivity contribution in [1.82, 2.24) is 0 Å². The van der Waals surface area contributed by atoms with Crippen molar-refractivity contribution in [1.29, 1.82) is 0 Å². The van der Waals surface area contributed by atoms with E-state index in [9.17, 15) is 4.79 Å². The quantitative estimate of drug-likeness (QED) is 0.602. The van der Waals surface area contributed by atoms with E-state index in [0.29, 0.717) is 12.5 Å². The predicted octanol–water partition coefficient (Wildman–Crippen LogP) is 3.64. The zero-order valence-corrected chi connectivity index (χ0v) is 13.3. The molecule has 3 heteroatoms. The molecule has 18 heavy (non-hydrogen) atoms. The average Bonchev–Trinajstić information content (AvgIpc) is 2.26. The summed E-state index contributed by atoms with van der Waals surface area (Å²) in [4.78, 5) is 11.3. The third kappa shape index (κ3) is 6.16. The van der Waals surface area contributed by atoms with Gasteiger partial charge in [-0.15, -0.1) is 0 Å². The minimum Gasteiger partial charge on any atom is -0.461 e. The van der Waals surface area contributed by atoms with Crippen LogP contribution in [-0.2, 0) is 22.6 Å². The van der Waals surface area contributed by atoms with Gasteiger partial charge in [-0.1, -0.05) is 52.0 Å². The number of carbonyl (C=O) groups is 1. The molecule has 0 aliphatic carbocycles. The number of ether oxygens (including phenoxy) is 1. The van der Waals surface area contributed by atoms with Gasteiger partial charge in [-0.3, -0.25) is 4.79 Å². The van der Waals surface area contributed by atoms with Gasteiger partial charge in [-0.2, -0.15) is 9.90 Å². The third-order valence-electron chi connectivity index (χ3n) is 2.52. The highest BCUT2D eigenvalue weighted by Gasteiger charge is 2.08. The number of rotatable bonds is 5. The largest absolute Gasteiger partial charge is 0.461 e. The Hall–Kier alpha value is -0.880. The first-order valence-corrected chi connectivity index (χ1v) is 6.23. The fourth-order valence-electron chi connectivity index (χ4n) is 1.56. The lowest BCUT2D eigenvalue weighted by atomic mass is 10.0. The summed E-state index contributed by atoms with van der Waals surface area (Å²) in [7, 11) is 0. The molecule has 0 spiro atoms. The average molecular weight is 268 g/mol. The van der Waals surface area contributed by atoms with Crippen LogP contribution in [-0.4, -0.2) is 5.97 Å². The highest BCUT2D eigenvalue weighted by Crippen LogP contribution is 2.11. The highest BCUT2D eigenvalue weighted by molar-refractivity contribution is 6.92. The van der Waals surface area contributed by atoms with Gasteiger partial charge in [0, 0.05) is 0 Å². The zero-order valence-electron chi connectivity index (χ0n) is 11.9. The molecule has 0 N–H and O–H groups in total. The lowest BCUT2D eigenvalue weighted by Gasteiger charge is -2.08. The molecule has 1 atom stereocenters. The topological polar surface area (TPSA) is 26.3 Å². The van der Waals surface area contributed by atoms with Crippen molar-refractivity contribution in [2.24, 2.45) is 11.8 Å². The van der Waals surface area contributed by atoms with E-state index >= 15 is 0 Å². The molecule has 0 fully saturated rings. The van der Waals surface area contributed by atoms with Crippen LogP contribution in [0.1, 0.15) is 38.8 Å². The van der Waals surface area contributed by atoms with Crippen molar-refractivity contribution < 1.29 is 9.53 Å². The van der Waals surface area contributed by atoms with Gasteiger partial charge >= 0.3 is 5.97 Å². The maximum atomic E-state index is 11.3. The molecule has 0 bridgehead atoms. The summed E-state index contributed by atoms with van der Waals surface area (Å²) in [5, 5.41) is 0. The van der Waals surface area contributed by atoms with E-state index < -0.39 is 0 Å². The predicted molar refractivity (Wildman–Crippen MR) is 80.7 cm³/mol. The monoisotopic (exact) mass is 268 g/mol. The van der Waals surface area contributed by atoms with Crippen molar-refractivity contribution >= 4 is 15.9 Å². The molecule has 2 nitrogen and oxygen atoms in total. The summed E-state index contributed by atoms with van der Waals surface area (Å²) in [5.41, 5.74) is 2.38. The van der Waals surface area contributed by atoms with Crippen LogP contribution in [0.4, 0.5) is 0 Å². The van der Waals surface area contributed by atoms with Gasteiger partial charge in [0.05, 0.1) is 5.92 Å². The lowest BCUT2D eigenvalue weighted by Crippen LogP contribution is -2.11. The summed E-state index contributed by atoms with van der Waals surface area (Å²) in [6.45, 7) is 8.47. The fraction of sp³-hybridized carbons (Fsp3) is 0.533. The summed E-state index contributed by atoms with van der Waals surface area (Å²) in [6.07, 6.45) is 1.09. The van der Waals surface area contributed by atoms with Crippen LogP contribution >= 0.6 is 9.90 Å².